The highest BCUT2D eigenvalue weighted by atomic mass is 35.5. The Labute approximate surface area is 286 Å². The first kappa shape index (κ1) is 38.5. The van der Waals surface area contributed by atoms with Crippen LogP contribution in [0.3, 0.4) is 0 Å². The van der Waals surface area contributed by atoms with E-state index in [0.717, 1.165) is 42.0 Å². The summed E-state index contributed by atoms with van der Waals surface area (Å²) in [5.74, 6) is 0. The largest absolute Gasteiger partial charge is 0.328 e. The molecule has 0 spiro atoms. The molecule has 2 heterocycles. The Morgan fingerprint density at radius 2 is 1.27 bits per heavy atom. The van der Waals surface area contributed by atoms with Gasteiger partial charge >= 0.3 is 0 Å². The Bertz CT molecular complexity index is 1610. The number of sulfonamides is 1. The Hall–Kier alpha value is -1.71. The maximum absolute atomic E-state index is 12.5. The van der Waals surface area contributed by atoms with Crippen LogP contribution in [0.25, 0.3) is 21.5 Å². The van der Waals surface area contributed by atoms with Crippen LogP contribution in [-0.2, 0) is 10.0 Å². The molecule has 0 unspecified atom stereocenters. The van der Waals surface area contributed by atoms with Crippen molar-refractivity contribution in [3.63, 3.8) is 0 Å². The summed E-state index contributed by atoms with van der Waals surface area (Å²) in [6, 6.07) is 10.9. The van der Waals surface area contributed by atoms with Gasteiger partial charge in [-0.05, 0) is 51.8 Å². The van der Waals surface area contributed by atoms with Gasteiger partial charge in [-0.15, -0.1) is 0 Å². The van der Waals surface area contributed by atoms with E-state index in [-0.39, 0.29) is 18.9 Å². The number of rotatable bonds is 11. The number of halogens is 4. The molecular formula is C33H48Cl4N4O2S. The minimum Gasteiger partial charge on any atom is -0.328 e. The first-order chi connectivity index (χ1) is 20.8. The minimum atomic E-state index is -3.60. The highest BCUT2D eigenvalue weighted by Crippen LogP contribution is 2.30. The average molecular weight is 709 g/mol. The molecule has 11 heteroatoms. The molecule has 0 fully saturated rings. The van der Waals surface area contributed by atoms with Gasteiger partial charge in [-0.25, -0.2) is 23.1 Å². The number of pyridine rings is 2. The van der Waals surface area contributed by atoms with Crippen LogP contribution in [0.1, 0.15) is 87.5 Å². The fourth-order valence-electron chi connectivity index (χ4n) is 4.42. The average Bonchev–Trinajstić information content (AvgIpc) is 2.97. The Morgan fingerprint density at radius 1 is 0.773 bits per heavy atom. The molecule has 246 valence electrons. The zero-order valence-corrected chi connectivity index (χ0v) is 30.0. The number of hydrogen-bond acceptors (Lipinski definition) is 5. The standard InChI is InChI=1S/C16H20Cl2N2O2S.C10H7Cl2N.C7H17N.2H2/c1-3-4-5-6-11(2)20-23(21,22)12-7-8-13-14(9-12)16(18)19-10-15(13)17;1-6-2-3-7-8(4-6)10(12)13-5-9(7)11;1-3-4-5-6-7(2)8;;/h7-11,20H,3-6H2,1-2H3;2-5H,1H3;7H,3-6,8H2,1-2H3;2*1H/t11-;;7-;;/m1.1../s1/i;;;2*1+1. The number of nitrogens with zero attached hydrogens (tertiary/aromatic N) is 2. The van der Waals surface area contributed by atoms with Crippen molar-refractivity contribution in [1.29, 1.82) is 0 Å². The van der Waals surface area contributed by atoms with Gasteiger partial charge in [0, 0.05) is 48.9 Å². The predicted molar refractivity (Wildman–Crippen MR) is 194 cm³/mol. The van der Waals surface area contributed by atoms with Crippen LogP contribution >= 0.6 is 46.4 Å². The van der Waals surface area contributed by atoms with E-state index in [1.807, 2.05) is 32.0 Å². The lowest BCUT2D eigenvalue weighted by molar-refractivity contribution is 0.527. The molecule has 2 aromatic heterocycles. The fourth-order valence-corrected chi connectivity index (χ4v) is 6.56. The molecule has 0 amide bonds. The number of hydrogen-bond donors (Lipinski definition) is 2. The Kier molecular flexibility index (Phi) is 16.7. The van der Waals surface area contributed by atoms with Crippen LogP contribution in [0.4, 0.5) is 0 Å². The second-order valence-corrected chi connectivity index (χ2v) is 14.3. The van der Waals surface area contributed by atoms with Crippen LogP contribution in [-0.4, -0.2) is 30.5 Å². The molecule has 0 radical (unpaired) electrons. The zero-order valence-electron chi connectivity index (χ0n) is 26.1. The monoisotopic (exact) mass is 706 g/mol. The third kappa shape index (κ3) is 12.2. The first-order valence-corrected chi connectivity index (χ1v) is 18.0. The van der Waals surface area contributed by atoms with Crippen molar-refractivity contribution < 1.29 is 11.3 Å². The maximum atomic E-state index is 12.5. The normalized spacial score (nSPS) is 12.7. The van der Waals surface area contributed by atoms with Gasteiger partial charge in [0.05, 0.1) is 14.9 Å². The summed E-state index contributed by atoms with van der Waals surface area (Å²) >= 11 is 24.0. The second kappa shape index (κ2) is 19.1. The number of aryl methyl sites for hydroxylation is 1. The molecule has 0 bridgehead atoms. The van der Waals surface area contributed by atoms with Gasteiger partial charge in [-0.1, -0.05) is 123 Å². The zero-order chi connectivity index (χ0) is 32.9. The highest BCUT2D eigenvalue weighted by Gasteiger charge is 2.19. The first-order valence-electron chi connectivity index (χ1n) is 15.0. The molecule has 4 aromatic rings. The smallest absolute Gasteiger partial charge is 0.240 e. The van der Waals surface area contributed by atoms with Crippen LogP contribution in [0.2, 0.25) is 20.4 Å². The molecule has 6 nitrogen and oxygen atoms in total. The SMILES string of the molecule is CCCCC[C@@H](C)N.CCCCC[C@@H](C)NS(=O)(=O)c1ccc2c(Cl)cnc(Cl)c2c1.Cc1ccc2c(Cl)cnc(Cl)c2c1.[2HH].[2HH]. The molecule has 2 atom stereocenters. The van der Waals surface area contributed by atoms with Gasteiger partial charge < -0.3 is 5.73 Å². The predicted octanol–water partition coefficient (Wildman–Crippen LogP) is 11.0. The van der Waals surface area contributed by atoms with Crippen molar-refractivity contribution >= 4 is 78.0 Å². The van der Waals surface area contributed by atoms with Crippen LogP contribution in [0.15, 0.2) is 53.7 Å². The van der Waals surface area contributed by atoms with Crippen molar-refractivity contribution in [3.8, 4) is 0 Å². The molecule has 0 aliphatic heterocycles. The fraction of sp³-hybridized carbons (Fsp3) is 0.455. The molecule has 44 heavy (non-hydrogen) atoms. The number of aromatic nitrogens is 2. The third-order valence-electron chi connectivity index (χ3n) is 6.88. The van der Waals surface area contributed by atoms with Gasteiger partial charge in [-0.2, -0.15) is 0 Å². The molecule has 0 aliphatic carbocycles. The molecule has 0 saturated heterocycles. The number of nitrogens with two attached hydrogens (primary N) is 1. The van der Waals surface area contributed by atoms with E-state index >= 15 is 0 Å². The van der Waals surface area contributed by atoms with Crippen LogP contribution in [0.5, 0.6) is 0 Å². The Morgan fingerprint density at radius 3 is 1.80 bits per heavy atom. The van der Waals surface area contributed by atoms with E-state index in [2.05, 4.69) is 35.5 Å². The summed E-state index contributed by atoms with van der Waals surface area (Å²) in [6.07, 6.45) is 12.2. The molecule has 3 N–H and O–H groups in total. The molecule has 0 aliphatic rings. The van der Waals surface area contributed by atoms with E-state index < -0.39 is 10.0 Å². The van der Waals surface area contributed by atoms with Crippen molar-refractivity contribution in [3.05, 3.63) is 74.7 Å². The van der Waals surface area contributed by atoms with Crippen LogP contribution < -0.4 is 10.5 Å². The van der Waals surface area contributed by atoms with E-state index in [1.54, 1.807) is 12.3 Å². The van der Waals surface area contributed by atoms with Gasteiger partial charge in [0.2, 0.25) is 10.0 Å². The lowest BCUT2D eigenvalue weighted by atomic mass is 10.1. The Balaban J connectivity index is 0.000000743. The lowest BCUT2D eigenvalue weighted by Gasteiger charge is -2.14. The van der Waals surface area contributed by atoms with Crippen molar-refractivity contribution in [2.45, 2.75) is 103 Å². The third-order valence-corrected chi connectivity index (χ3v) is 9.67. The summed E-state index contributed by atoms with van der Waals surface area (Å²) in [5, 5.41) is 4.89. The highest BCUT2D eigenvalue weighted by molar-refractivity contribution is 7.89. The minimum absolute atomic E-state index is 0. The van der Waals surface area contributed by atoms with Gasteiger partial charge in [0.15, 0.2) is 0 Å². The quantitative estimate of drug-likeness (QED) is 0.119. The van der Waals surface area contributed by atoms with Gasteiger partial charge in [0.1, 0.15) is 10.3 Å². The number of fused-ring (bicyclic) bond motifs is 2. The summed E-state index contributed by atoms with van der Waals surface area (Å²) in [5.41, 5.74) is 6.68. The summed E-state index contributed by atoms with van der Waals surface area (Å²) in [6.45, 7) is 10.3. The maximum Gasteiger partial charge on any atom is 0.240 e. The van der Waals surface area contributed by atoms with Crippen LogP contribution in [0, 0.1) is 6.92 Å². The van der Waals surface area contributed by atoms with E-state index in [9.17, 15) is 8.42 Å². The topological polar surface area (TPSA) is 98.0 Å². The van der Waals surface area contributed by atoms with E-state index in [1.165, 1.54) is 44.0 Å². The van der Waals surface area contributed by atoms with Gasteiger partial charge in [-0.3, -0.25) is 0 Å². The summed E-state index contributed by atoms with van der Waals surface area (Å²) in [7, 11) is -3.60. The lowest BCUT2D eigenvalue weighted by Crippen LogP contribution is -2.32. The molecule has 0 saturated carbocycles. The van der Waals surface area contributed by atoms with Gasteiger partial charge in [0.25, 0.3) is 0 Å². The molecule has 4 rings (SSSR count). The van der Waals surface area contributed by atoms with E-state index in [0.29, 0.717) is 32.0 Å². The number of nitrogens with one attached hydrogen (secondary N) is 1. The summed E-state index contributed by atoms with van der Waals surface area (Å²) < 4.78 is 27.7. The van der Waals surface area contributed by atoms with Crippen molar-refractivity contribution in [2.75, 3.05) is 0 Å². The van der Waals surface area contributed by atoms with E-state index in [4.69, 9.17) is 52.1 Å². The molecular weight excluding hydrogens is 658 g/mol. The van der Waals surface area contributed by atoms with Crippen molar-refractivity contribution in [1.82, 2.24) is 14.7 Å². The van der Waals surface area contributed by atoms with Crippen molar-refractivity contribution in [2.24, 2.45) is 5.73 Å². The molecule has 2 aromatic carbocycles. The number of unbranched alkanes of at least 4 members (excludes halogenated alkanes) is 4. The second-order valence-electron chi connectivity index (χ2n) is 11.0. The summed E-state index contributed by atoms with van der Waals surface area (Å²) in [4.78, 5) is 8.11. The number of benzene rings is 2.